The van der Waals surface area contributed by atoms with Gasteiger partial charge in [-0.1, -0.05) is 34.1 Å². The molecule has 2 aromatic rings. The second-order valence-corrected chi connectivity index (χ2v) is 6.16. The maximum Gasteiger partial charge on any atom is 0.311 e. The third kappa shape index (κ3) is 3.67. The summed E-state index contributed by atoms with van der Waals surface area (Å²) in [5.41, 5.74) is 1.50. The number of rotatable bonds is 4. The molecule has 2 rings (SSSR count). The molecule has 0 bridgehead atoms. The van der Waals surface area contributed by atoms with Crippen molar-refractivity contribution in [3.8, 4) is 0 Å². The van der Waals surface area contributed by atoms with Crippen LogP contribution in [0.4, 0.5) is 4.39 Å². The number of hydrogen-bond donors (Lipinski definition) is 1. The van der Waals surface area contributed by atoms with Crippen LogP contribution in [0, 0.1) is 5.82 Å². The summed E-state index contributed by atoms with van der Waals surface area (Å²) in [5.74, 6) is -1.91. The highest BCUT2D eigenvalue weighted by atomic mass is 79.9. The summed E-state index contributed by atoms with van der Waals surface area (Å²) in [6.07, 6.45) is 0.315. The van der Waals surface area contributed by atoms with E-state index in [1.54, 1.807) is 24.3 Å². The van der Waals surface area contributed by atoms with Crippen molar-refractivity contribution in [3.63, 3.8) is 0 Å². The predicted molar refractivity (Wildman–Crippen MR) is 82.3 cm³/mol. The zero-order valence-electron chi connectivity index (χ0n) is 10.3. The Hall–Kier alpha value is -1.20. The third-order valence-electron chi connectivity index (χ3n) is 2.99. The second kappa shape index (κ2) is 6.50. The Morgan fingerprint density at radius 1 is 1.15 bits per heavy atom. The predicted octanol–water partition coefficient (Wildman–Crippen LogP) is 4.76. The van der Waals surface area contributed by atoms with E-state index in [1.165, 1.54) is 6.07 Å². The fourth-order valence-electron chi connectivity index (χ4n) is 1.95. The third-order valence-corrected chi connectivity index (χ3v) is 4.13. The van der Waals surface area contributed by atoms with Crippen LogP contribution in [0.2, 0.25) is 0 Å². The SMILES string of the molecule is O=C(O)C(Cc1ccc(F)c(Br)c1)c1ccc(Br)cc1. The molecule has 0 saturated carbocycles. The average Bonchev–Trinajstić information content (AvgIpc) is 2.41. The Morgan fingerprint density at radius 3 is 2.35 bits per heavy atom. The van der Waals surface area contributed by atoms with E-state index in [4.69, 9.17) is 0 Å². The lowest BCUT2D eigenvalue weighted by Gasteiger charge is -2.13. The molecule has 0 radical (unpaired) electrons. The average molecular weight is 402 g/mol. The quantitative estimate of drug-likeness (QED) is 0.801. The zero-order valence-corrected chi connectivity index (χ0v) is 13.5. The summed E-state index contributed by atoms with van der Waals surface area (Å²) in [4.78, 5) is 11.4. The van der Waals surface area contributed by atoms with Gasteiger partial charge in [-0.2, -0.15) is 0 Å². The highest BCUT2D eigenvalue weighted by Crippen LogP contribution is 2.25. The summed E-state index contributed by atoms with van der Waals surface area (Å²) in [6, 6.07) is 11.7. The van der Waals surface area contributed by atoms with Crippen molar-refractivity contribution in [2.45, 2.75) is 12.3 Å². The summed E-state index contributed by atoms with van der Waals surface area (Å²) in [7, 11) is 0. The standard InChI is InChI=1S/C15H11Br2FO2/c16-11-4-2-10(3-5-11)12(15(19)20)7-9-1-6-14(18)13(17)8-9/h1-6,8,12H,7H2,(H,19,20). The molecular formula is C15H11Br2FO2. The van der Waals surface area contributed by atoms with Crippen LogP contribution in [0.3, 0.4) is 0 Å². The van der Waals surface area contributed by atoms with Gasteiger partial charge in [-0.3, -0.25) is 4.79 Å². The van der Waals surface area contributed by atoms with Crippen LogP contribution in [-0.2, 0) is 11.2 Å². The summed E-state index contributed by atoms with van der Waals surface area (Å²) >= 11 is 6.43. The van der Waals surface area contributed by atoms with Crippen molar-refractivity contribution >= 4 is 37.8 Å². The van der Waals surface area contributed by atoms with Crippen molar-refractivity contribution in [2.24, 2.45) is 0 Å². The van der Waals surface area contributed by atoms with Crippen molar-refractivity contribution in [3.05, 3.63) is 68.4 Å². The van der Waals surface area contributed by atoms with Gasteiger partial charge in [0.25, 0.3) is 0 Å². The molecule has 2 aromatic carbocycles. The Kier molecular flexibility index (Phi) is 4.94. The second-order valence-electron chi connectivity index (χ2n) is 4.39. The first-order chi connectivity index (χ1) is 9.47. The Labute approximate surface area is 132 Å². The molecule has 0 fully saturated rings. The summed E-state index contributed by atoms with van der Waals surface area (Å²) in [5, 5.41) is 9.38. The number of carboxylic acids is 1. The van der Waals surface area contributed by atoms with Crippen molar-refractivity contribution < 1.29 is 14.3 Å². The number of halogens is 3. The summed E-state index contributed by atoms with van der Waals surface area (Å²) < 4.78 is 14.4. The van der Waals surface area contributed by atoms with Crippen LogP contribution in [0.15, 0.2) is 51.4 Å². The van der Waals surface area contributed by atoms with Crippen molar-refractivity contribution in [1.82, 2.24) is 0 Å². The van der Waals surface area contributed by atoms with E-state index in [2.05, 4.69) is 31.9 Å². The van der Waals surface area contributed by atoms with Crippen molar-refractivity contribution in [1.29, 1.82) is 0 Å². The Morgan fingerprint density at radius 2 is 1.80 bits per heavy atom. The van der Waals surface area contributed by atoms with Gasteiger partial charge in [-0.15, -0.1) is 0 Å². The highest BCUT2D eigenvalue weighted by Gasteiger charge is 2.20. The first-order valence-corrected chi connectivity index (χ1v) is 7.48. The van der Waals surface area contributed by atoms with Crippen LogP contribution in [0.1, 0.15) is 17.0 Å². The first-order valence-electron chi connectivity index (χ1n) is 5.89. The van der Waals surface area contributed by atoms with E-state index >= 15 is 0 Å². The molecule has 1 N–H and O–H groups in total. The minimum Gasteiger partial charge on any atom is -0.481 e. The minimum atomic E-state index is -0.896. The first kappa shape index (κ1) is 15.2. The van der Waals surface area contributed by atoms with Crippen LogP contribution in [0.5, 0.6) is 0 Å². The molecule has 5 heteroatoms. The van der Waals surface area contributed by atoms with E-state index in [9.17, 15) is 14.3 Å². The lowest BCUT2D eigenvalue weighted by molar-refractivity contribution is -0.138. The number of hydrogen-bond acceptors (Lipinski definition) is 1. The van der Waals surface area contributed by atoms with Gasteiger partial charge in [0.1, 0.15) is 5.82 Å². The molecule has 104 valence electrons. The molecule has 0 spiro atoms. The molecule has 0 aromatic heterocycles. The van der Waals surface area contributed by atoms with Gasteiger partial charge in [0.05, 0.1) is 10.4 Å². The van der Waals surface area contributed by atoms with Gasteiger partial charge in [0.2, 0.25) is 0 Å². The largest absolute Gasteiger partial charge is 0.481 e. The normalized spacial score (nSPS) is 12.2. The van der Waals surface area contributed by atoms with E-state index in [-0.39, 0.29) is 5.82 Å². The molecule has 0 aliphatic rings. The van der Waals surface area contributed by atoms with Crippen LogP contribution in [0.25, 0.3) is 0 Å². The van der Waals surface area contributed by atoms with Crippen LogP contribution < -0.4 is 0 Å². The van der Waals surface area contributed by atoms with Gasteiger partial charge < -0.3 is 5.11 Å². The molecule has 0 heterocycles. The number of benzene rings is 2. The highest BCUT2D eigenvalue weighted by molar-refractivity contribution is 9.10. The monoisotopic (exact) mass is 400 g/mol. The number of carbonyl (C=O) groups is 1. The molecule has 0 saturated heterocycles. The van der Waals surface area contributed by atoms with Crippen LogP contribution in [-0.4, -0.2) is 11.1 Å². The number of aliphatic carboxylic acids is 1. The molecule has 1 unspecified atom stereocenters. The molecule has 20 heavy (non-hydrogen) atoms. The van der Waals surface area contributed by atoms with Gasteiger partial charge >= 0.3 is 5.97 Å². The van der Waals surface area contributed by atoms with Gasteiger partial charge in [-0.25, -0.2) is 4.39 Å². The Bertz CT molecular complexity index is 626. The molecule has 0 amide bonds. The smallest absolute Gasteiger partial charge is 0.311 e. The zero-order chi connectivity index (χ0) is 14.7. The lowest BCUT2D eigenvalue weighted by atomic mass is 9.92. The lowest BCUT2D eigenvalue weighted by Crippen LogP contribution is -2.14. The number of carboxylic acid groups (broad SMARTS) is 1. The van der Waals surface area contributed by atoms with E-state index in [1.807, 2.05) is 12.1 Å². The minimum absolute atomic E-state index is 0.315. The molecule has 0 aliphatic carbocycles. The van der Waals surface area contributed by atoms with Gasteiger partial charge in [0, 0.05) is 4.47 Å². The maximum atomic E-state index is 13.2. The van der Waals surface area contributed by atoms with E-state index in [0.29, 0.717) is 10.9 Å². The van der Waals surface area contributed by atoms with Gasteiger partial charge in [0.15, 0.2) is 0 Å². The fraction of sp³-hybridized carbons (Fsp3) is 0.133. The fourth-order valence-corrected chi connectivity index (χ4v) is 2.64. The molecule has 2 nitrogen and oxygen atoms in total. The Balaban J connectivity index is 2.27. The summed E-state index contributed by atoms with van der Waals surface area (Å²) in [6.45, 7) is 0. The molecule has 0 aliphatic heterocycles. The van der Waals surface area contributed by atoms with Crippen molar-refractivity contribution in [2.75, 3.05) is 0 Å². The van der Waals surface area contributed by atoms with Gasteiger partial charge in [-0.05, 0) is 57.7 Å². The van der Waals surface area contributed by atoms with E-state index < -0.39 is 11.9 Å². The molecular weight excluding hydrogens is 391 g/mol. The maximum absolute atomic E-state index is 13.2. The van der Waals surface area contributed by atoms with Crippen LogP contribution >= 0.6 is 31.9 Å². The topological polar surface area (TPSA) is 37.3 Å². The molecule has 1 atom stereocenters. The van der Waals surface area contributed by atoms with E-state index in [0.717, 1.165) is 15.6 Å².